The molecule has 0 spiro atoms. The largest absolute Gasteiger partial charge is 0.379 e. The molecular formula is C24H29N3O2. The number of carbonyl (C=O) groups excluding carboxylic acids is 1. The number of ether oxygens (including phenoxy) is 1. The fraction of sp³-hybridized carbons (Fsp3) is 0.375. The minimum atomic E-state index is -0.123. The summed E-state index contributed by atoms with van der Waals surface area (Å²) in [5, 5.41) is 4.07. The lowest BCUT2D eigenvalue weighted by molar-refractivity contribution is 0.0342. The van der Waals surface area contributed by atoms with Gasteiger partial charge in [0.1, 0.15) is 5.69 Å². The first-order chi connectivity index (χ1) is 13.9. The summed E-state index contributed by atoms with van der Waals surface area (Å²) >= 11 is 0. The number of carbonyl (C=O) groups is 1. The highest BCUT2D eigenvalue weighted by atomic mass is 16.5. The van der Waals surface area contributed by atoms with Gasteiger partial charge < -0.3 is 15.0 Å². The highest BCUT2D eigenvalue weighted by Crippen LogP contribution is 2.26. The smallest absolute Gasteiger partial charge is 0.272 e. The zero-order valence-electron chi connectivity index (χ0n) is 17.4. The molecule has 1 aliphatic heterocycles. The zero-order chi connectivity index (χ0) is 20.4. The van der Waals surface area contributed by atoms with E-state index in [1.807, 2.05) is 24.3 Å². The van der Waals surface area contributed by atoms with E-state index in [0.29, 0.717) is 5.69 Å². The van der Waals surface area contributed by atoms with E-state index in [-0.39, 0.29) is 11.3 Å². The van der Waals surface area contributed by atoms with Gasteiger partial charge in [0.2, 0.25) is 0 Å². The minimum absolute atomic E-state index is 0.0721. The average molecular weight is 392 g/mol. The summed E-state index contributed by atoms with van der Waals surface area (Å²) in [6, 6.07) is 16.3. The van der Waals surface area contributed by atoms with E-state index in [0.717, 1.165) is 49.4 Å². The monoisotopic (exact) mass is 391 g/mol. The fourth-order valence-electron chi connectivity index (χ4n) is 3.68. The van der Waals surface area contributed by atoms with Crippen LogP contribution in [0.1, 0.15) is 42.4 Å². The number of hydrogen-bond donors (Lipinski definition) is 2. The van der Waals surface area contributed by atoms with Crippen LogP contribution in [-0.2, 0) is 16.7 Å². The summed E-state index contributed by atoms with van der Waals surface area (Å²) in [6.45, 7) is 10.9. The van der Waals surface area contributed by atoms with Crippen molar-refractivity contribution in [2.75, 3.05) is 31.6 Å². The van der Waals surface area contributed by atoms with Crippen molar-refractivity contribution in [2.24, 2.45) is 0 Å². The van der Waals surface area contributed by atoms with Crippen LogP contribution in [0.2, 0.25) is 0 Å². The van der Waals surface area contributed by atoms with Gasteiger partial charge in [0.25, 0.3) is 5.91 Å². The Morgan fingerprint density at radius 2 is 1.90 bits per heavy atom. The van der Waals surface area contributed by atoms with Gasteiger partial charge >= 0.3 is 0 Å². The molecule has 0 atom stereocenters. The molecule has 3 aromatic rings. The Balaban J connectivity index is 1.48. The maximum Gasteiger partial charge on any atom is 0.272 e. The van der Waals surface area contributed by atoms with E-state index >= 15 is 0 Å². The van der Waals surface area contributed by atoms with Crippen LogP contribution in [0.25, 0.3) is 10.9 Å². The second kappa shape index (κ2) is 8.01. The van der Waals surface area contributed by atoms with E-state index in [4.69, 9.17) is 4.74 Å². The zero-order valence-corrected chi connectivity index (χ0v) is 17.4. The molecule has 29 heavy (non-hydrogen) atoms. The van der Waals surface area contributed by atoms with Crippen molar-refractivity contribution in [3.05, 3.63) is 65.4 Å². The maximum absolute atomic E-state index is 12.8. The van der Waals surface area contributed by atoms with Crippen molar-refractivity contribution in [3.63, 3.8) is 0 Å². The molecule has 1 saturated heterocycles. The quantitative estimate of drug-likeness (QED) is 0.686. The van der Waals surface area contributed by atoms with Crippen molar-refractivity contribution in [2.45, 2.75) is 32.7 Å². The van der Waals surface area contributed by atoms with Crippen LogP contribution >= 0.6 is 0 Å². The van der Waals surface area contributed by atoms with Gasteiger partial charge in [-0.2, -0.15) is 0 Å². The van der Waals surface area contributed by atoms with E-state index in [1.54, 1.807) is 0 Å². The molecule has 0 bridgehead atoms. The van der Waals surface area contributed by atoms with Crippen LogP contribution < -0.4 is 5.32 Å². The third-order valence-corrected chi connectivity index (χ3v) is 5.43. The van der Waals surface area contributed by atoms with Crippen LogP contribution in [0, 0.1) is 0 Å². The highest BCUT2D eigenvalue weighted by Gasteiger charge is 2.16. The molecule has 2 heterocycles. The molecule has 0 unspecified atom stereocenters. The normalized spacial score (nSPS) is 15.6. The Labute approximate surface area is 172 Å². The Kier molecular flexibility index (Phi) is 5.43. The van der Waals surface area contributed by atoms with Crippen molar-refractivity contribution in [1.29, 1.82) is 0 Å². The number of fused-ring (bicyclic) bond motifs is 1. The number of hydrogen-bond acceptors (Lipinski definition) is 3. The van der Waals surface area contributed by atoms with E-state index in [1.165, 1.54) is 11.1 Å². The van der Waals surface area contributed by atoms with Crippen LogP contribution in [0.5, 0.6) is 0 Å². The molecule has 2 N–H and O–H groups in total. The van der Waals surface area contributed by atoms with E-state index in [2.05, 4.69) is 60.2 Å². The first-order valence-electron chi connectivity index (χ1n) is 10.2. The summed E-state index contributed by atoms with van der Waals surface area (Å²) in [5.41, 5.74) is 4.89. The number of aromatic amines is 1. The predicted molar refractivity (Wildman–Crippen MR) is 117 cm³/mol. The van der Waals surface area contributed by atoms with Crippen LogP contribution in [0.15, 0.2) is 48.5 Å². The number of benzene rings is 2. The van der Waals surface area contributed by atoms with Crippen LogP contribution in [0.4, 0.5) is 5.69 Å². The van der Waals surface area contributed by atoms with Gasteiger partial charge in [0, 0.05) is 36.2 Å². The molecule has 0 saturated carbocycles. The summed E-state index contributed by atoms with van der Waals surface area (Å²) in [6.07, 6.45) is 0. The van der Waals surface area contributed by atoms with Gasteiger partial charge in [-0.25, -0.2) is 0 Å². The molecule has 4 rings (SSSR count). The number of nitrogens with zero attached hydrogens (tertiary/aromatic N) is 1. The van der Waals surface area contributed by atoms with E-state index in [9.17, 15) is 4.79 Å². The molecule has 2 aromatic carbocycles. The second-order valence-electron chi connectivity index (χ2n) is 8.78. The lowest BCUT2D eigenvalue weighted by atomic mass is 9.87. The van der Waals surface area contributed by atoms with Crippen LogP contribution in [0.3, 0.4) is 0 Å². The van der Waals surface area contributed by atoms with Gasteiger partial charge in [-0.3, -0.25) is 9.69 Å². The highest BCUT2D eigenvalue weighted by molar-refractivity contribution is 6.06. The van der Waals surface area contributed by atoms with Crippen LogP contribution in [-0.4, -0.2) is 42.1 Å². The maximum atomic E-state index is 12.8. The molecule has 152 valence electrons. The lowest BCUT2D eigenvalue weighted by Gasteiger charge is -2.26. The van der Waals surface area contributed by atoms with Gasteiger partial charge in [0.05, 0.1) is 13.2 Å². The topological polar surface area (TPSA) is 57.4 Å². The number of anilines is 1. The SMILES string of the molecule is CC(C)(C)c1ccc2cc(C(=O)Nc3cccc(CN4CCOCC4)c3)[nH]c2c1. The van der Waals surface area contributed by atoms with Crippen molar-refractivity contribution in [3.8, 4) is 0 Å². The Hall–Kier alpha value is -2.63. The van der Waals surface area contributed by atoms with Gasteiger partial charge in [-0.05, 0) is 40.8 Å². The minimum Gasteiger partial charge on any atom is -0.379 e. The third-order valence-electron chi connectivity index (χ3n) is 5.43. The molecule has 5 heteroatoms. The molecule has 5 nitrogen and oxygen atoms in total. The fourth-order valence-corrected chi connectivity index (χ4v) is 3.68. The van der Waals surface area contributed by atoms with E-state index < -0.39 is 0 Å². The van der Waals surface area contributed by atoms with Crippen molar-refractivity contribution >= 4 is 22.5 Å². The van der Waals surface area contributed by atoms with Gasteiger partial charge in [0.15, 0.2) is 0 Å². The molecule has 1 fully saturated rings. The Bertz CT molecular complexity index is 1010. The molecule has 1 aromatic heterocycles. The molecule has 1 aliphatic rings. The van der Waals surface area contributed by atoms with Crippen molar-refractivity contribution in [1.82, 2.24) is 9.88 Å². The molecule has 1 amide bonds. The Morgan fingerprint density at radius 1 is 1.10 bits per heavy atom. The third kappa shape index (κ3) is 4.69. The number of H-pyrrole nitrogens is 1. The first-order valence-corrected chi connectivity index (χ1v) is 10.2. The summed E-state index contributed by atoms with van der Waals surface area (Å²) < 4.78 is 5.41. The molecular weight excluding hydrogens is 362 g/mol. The summed E-state index contributed by atoms with van der Waals surface area (Å²) in [7, 11) is 0. The standard InChI is InChI=1S/C24H29N3O2/c1-24(2,3)19-8-7-18-14-22(26-21(18)15-19)23(28)25-20-6-4-5-17(13-20)16-27-9-11-29-12-10-27/h4-8,13-15,26H,9-12,16H2,1-3H3,(H,25,28). The van der Waals surface area contributed by atoms with Gasteiger partial charge in [-0.15, -0.1) is 0 Å². The second-order valence-corrected chi connectivity index (χ2v) is 8.78. The lowest BCUT2D eigenvalue weighted by Crippen LogP contribution is -2.35. The van der Waals surface area contributed by atoms with Crippen molar-refractivity contribution < 1.29 is 9.53 Å². The number of amides is 1. The van der Waals surface area contributed by atoms with Gasteiger partial charge in [-0.1, -0.05) is 45.0 Å². The predicted octanol–water partition coefficient (Wildman–Crippen LogP) is 4.55. The number of morpholine rings is 1. The summed E-state index contributed by atoms with van der Waals surface area (Å²) in [5.74, 6) is -0.123. The number of aromatic nitrogens is 1. The summed E-state index contributed by atoms with van der Waals surface area (Å²) in [4.78, 5) is 18.4. The number of rotatable bonds is 4. The Morgan fingerprint density at radius 3 is 2.66 bits per heavy atom. The average Bonchev–Trinajstić information content (AvgIpc) is 3.12. The number of nitrogens with one attached hydrogen (secondary N) is 2. The molecule has 0 radical (unpaired) electrons. The first kappa shape index (κ1) is 19.7. The molecule has 0 aliphatic carbocycles.